The van der Waals surface area contributed by atoms with Crippen LogP contribution in [-0.4, -0.2) is 23.6 Å². The van der Waals surface area contributed by atoms with E-state index in [9.17, 15) is 4.79 Å². The number of ether oxygens (including phenoxy) is 2. The van der Waals surface area contributed by atoms with Crippen molar-refractivity contribution in [3.63, 3.8) is 0 Å². The Labute approximate surface area is 151 Å². The Kier molecular flexibility index (Phi) is 5.38. The highest BCUT2D eigenvalue weighted by Gasteiger charge is 2.21. The molecule has 2 aromatic rings. The maximum Gasteiger partial charge on any atom is 0.244 e. The highest BCUT2D eigenvalue weighted by atomic mass is 32.1. The van der Waals surface area contributed by atoms with Gasteiger partial charge in [-0.2, -0.15) is 0 Å². The second-order valence-corrected chi connectivity index (χ2v) is 7.28. The lowest BCUT2D eigenvalue weighted by Crippen LogP contribution is -2.19. The molecule has 3 rings (SSSR count). The van der Waals surface area contributed by atoms with Crippen LogP contribution in [-0.2, 0) is 17.8 Å². The summed E-state index contributed by atoms with van der Waals surface area (Å²) in [6, 6.07) is 3.96. The molecule has 6 heteroatoms. The van der Waals surface area contributed by atoms with E-state index in [1.165, 1.54) is 6.08 Å². The number of rotatable bonds is 6. The molecule has 0 fully saturated rings. The minimum Gasteiger partial charge on any atom is -0.493 e. The summed E-state index contributed by atoms with van der Waals surface area (Å²) in [5.74, 6) is 1.50. The normalized spacial score (nSPS) is 15.9. The zero-order chi connectivity index (χ0) is 17.8. The third-order valence-electron chi connectivity index (χ3n) is 3.85. The molecule has 0 saturated heterocycles. The first-order chi connectivity index (χ1) is 12.0. The van der Waals surface area contributed by atoms with Crippen molar-refractivity contribution in [2.75, 3.05) is 6.61 Å². The Morgan fingerprint density at radius 3 is 3.08 bits per heavy atom. The van der Waals surface area contributed by atoms with Crippen LogP contribution in [0.3, 0.4) is 0 Å². The van der Waals surface area contributed by atoms with E-state index in [0.29, 0.717) is 13.2 Å². The van der Waals surface area contributed by atoms with Crippen LogP contribution >= 0.6 is 11.3 Å². The zero-order valence-corrected chi connectivity index (χ0v) is 15.5. The van der Waals surface area contributed by atoms with Crippen LogP contribution in [0, 0.1) is 6.92 Å². The lowest BCUT2D eigenvalue weighted by Gasteiger charge is -2.10. The summed E-state index contributed by atoms with van der Waals surface area (Å²) in [4.78, 5) is 17.3. The van der Waals surface area contributed by atoms with E-state index in [4.69, 9.17) is 9.47 Å². The Hall–Kier alpha value is -2.34. The standard InChI is InChI=1S/C19H22N2O3S/c1-4-23-17-9-15-7-12(2)24-18(15)8-14(17)5-6-19(22)21-11-16-10-20-13(3)25-16/h5-6,8-10,12H,4,7,11H2,1-3H3,(H,21,22). The van der Waals surface area contributed by atoms with Crippen molar-refractivity contribution in [2.24, 2.45) is 0 Å². The van der Waals surface area contributed by atoms with Crippen LogP contribution in [0.25, 0.3) is 6.08 Å². The van der Waals surface area contributed by atoms with E-state index >= 15 is 0 Å². The monoisotopic (exact) mass is 358 g/mol. The Morgan fingerprint density at radius 1 is 1.52 bits per heavy atom. The molecule has 1 amide bonds. The largest absolute Gasteiger partial charge is 0.493 e. The molecule has 1 aliphatic heterocycles. The number of fused-ring (bicyclic) bond motifs is 1. The van der Waals surface area contributed by atoms with Gasteiger partial charge in [-0.3, -0.25) is 4.79 Å². The summed E-state index contributed by atoms with van der Waals surface area (Å²) < 4.78 is 11.5. The maximum atomic E-state index is 12.1. The van der Waals surface area contributed by atoms with Gasteiger partial charge >= 0.3 is 0 Å². The second-order valence-electron chi connectivity index (χ2n) is 5.96. The summed E-state index contributed by atoms with van der Waals surface area (Å²) in [5.41, 5.74) is 2.00. The molecule has 5 nitrogen and oxygen atoms in total. The molecule has 0 radical (unpaired) electrons. The van der Waals surface area contributed by atoms with Gasteiger partial charge in [0.15, 0.2) is 0 Å². The van der Waals surface area contributed by atoms with Crippen LogP contribution in [0.1, 0.15) is 34.9 Å². The maximum absolute atomic E-state index is 12.1. The molecule has 25 heavy (non-hydrogen) atoms. The molecule has 2 heterocycles. The van der Waals surface area contributed by atoms with Gasteiger partial charge in [0.2, 0.25) is 5.91 Å². The second kappa shape index (κ2) is 7.70. The van der Waals surface area contributed by atoms with Crippen LogP contribution in [0.2, 0.25) is 0 Å². The summed E-state index contributed by atoms with van der Waals surface area (Å²) in [5, 5.41) is 3.86. The van der Waals surface area contributed by atoms with E-state index in [1.54, 1.807) is 23.6 Å². The molecule has 1 aromatic carbocycles. The molecular formula is C19H22N2O3S. The van der Waals surface area contributed by atoms with Crippen LogP contribution in [0.4, 0.5) is 0 Å². The molecular weight excluding hydrogens is 336 g/mol. The van der Waals surface area contributed by atoms with Gasteiger partial charge in [0.1, 0.15) is 17.6 Å². The van der Waals surface area contributed by atoms with E-state index in [2.05, 4.69) is 10.3 Å². The lowest BCUT2D eigenvalue weighted by atomic mass is 10.1. The Bertz CT molecular complexity index is 798. The van der Waals surface area contributed by atoms with Crippen molar-refractivity contribution in [3.8, 4) is 11.5 Å². The third kappa shape index (κ3) is 4.39. The van der Waals surface area contributed by atoms with Gasteiger partial charge < -0.3 is 14.8 Å². The first-order valence-corrected chi connectivity index (χ1v) is 9.20. The number of aromatic nitrogens is 1. The van der Waals surface area contributed by atoms with Crippen LogP contribution in [0.15, 0.2) is 24.4 Å². The first kappa shape index (κ1) is 17.5. The fraction of sp³-hybridized carbons (Fsp3) is 0.368. The average Bonchev–Trinajstić information content (AvgIpc) is 3.15. The average molecular weight is 358 g/mol. The molecule has 1 aromatic heterocycles. The minimum atomic E-state index is -0.150. The van der Waals surface area contributed by atoms with Gasteiger partial charge in [-0.1, -0.05) is 0 Å². The Balaban J connectivity index is 1.69. The number of carbonyl (C=O) groups excluding carboxylic acids is 1. The molecule has 0 bridgehead atoms. The van der Waals surface area contributed by atoms with Crippen molar-refractivity contribution in [3.05, 3.63) is 45.4 Å². The SMILES string of the molecule is CCOc1cc2c(cc1C=CC(=O)NCc1cnc(C)s1)OC(C)C2. The van der Waals surface area contributed by atoms with Crippen LogP contribution < -0.4 is 14.8 Å². The predicted octanol–water partition coefficient (Wildman–Crippen LogP) is 3.50. The fourth-order valence-corrected chi connectivity index (χ4v) is 3.49. The summed E-state index contributed by atoms with van der Waals surface area (Å²) in [6.07, 6.45) is 6.14. The number of benzene rings is 1. The number of hydrogen-bond acceptors (Lipinski definition) is 5. The van der Waals surface area contributed by atoms with Gasteiger partial charge in [0, 0.05) is 34.7 Å². The first-order valence-electron chi connectivity index (χ1n) is 8.38. The highest BCUT2D eigenvalue weighted by Crippen LogP contribution is 2.35. The number of hydrogen-bond donors (Lipinski definition) is 1. The molecule has 0 spiro atoms. The molecule has 1 N–H and O–H groups in total. The number of carbonyl (C=O) groups is 1. The molecule has 132 valence electrons. The topological polar surface area (TPSA) is 60.5 Å². The van der Waals surface area contributed by atoms with Gasteiger partial charge in [-0.15, -0.1) is 11.3 Å². The van der Waals surface area contributed by atoms with Gasteiger partial charge in [-0.25, -0.2) is 4.98 Å². The number of nitrogens with zero attached hydrogens (tertiary/aromatic N) is 1. The van der Waals surface area contributed by atoms with E-state index in [1.807, 2.05) is 32.9 Å². The fourth-order valence-electron chi connectivity index (χ4n) is 2.75. The minimum absolute atomic E-state index is 0.150. The lowest BCUT2D eigenvalue weighted by molar-refractivity contribution is -0.116. The summed E-state index contributed by atoms with van der Waals surface area (Å²) in [7, 11) is 0. The quantitative estimate of drug-likeness (QED) is 0.803. The third-order valence-corrected chi connectivity index (χ3v) is 4.76. The molecule has 1 atom stereocenters. The zero-order valence-electron chi connectivity index (χ0n) is 14.7. The number of thiazole rings is 1. The van der Waals surface area contributed by atoms with Crippen molar-refractivity contribution in [1.29, 1.82) is 0 Å². The van der Waals surface area contributed by atoms with Crippen LogP contribution in [0.5, 0.6) is 11.5 Å². The predicted molar refractivity (Wildman–Crippen MR) is 99.1 cm³/mol. The highest BCUT2D eigenvalue weighted by molar-refractivity contribution is 7.11. The van der Waals surface area contributed by atoms with Crippen molar-refractivity contribution >= 4 is 23.3 Å². The van der Waals surface area contributed by atoms with Gasteiger partial charge in [-0.05, 0) is 39.0 Å². The van der Waals surface area contributed by atoms with Gasteiger partial charge in [0.25, 0.3) is 0 Å². The molecule has 0 saturated carbocycles. The van der Waals surface area contributed by atoms with Crippen molar-refractivity contribution in [1.82, 2.24) is 10.3 Å². The number of amides is 1. The van der Waals surface area contributed by atoms with E-state index in [0.717, 1.165) is 38.9 Å². The Morgan fingerprint density at radius 2 is 2.36 bits per heavy atom. The van der Waals surface area contributed by atoms with E-state index in [-0.39, 0.29) is 12.0 Å². The summed E-state index contributed by atoms with van der Waals surface area (Å²) in [6.45, 7) is 7.00. The molecule has 1 unspecified atom stereocenters. The summed E-state index contributed by atoms with van der Waals surface area (Å²) >= 11 is 1.58. The van der Waals surface area contributed by atoms with Crippen molar-refractivity contribution < 1.29 is 14.3 Å². The van der Waals surface area contributed by atoms with Gasteiger partial charge in [0.05, 0.1) is 18.2 Å². The smallest absolute Gasteiger partial charge is 0.244 e. The molecule has 1 aliphatic rings. The van der Waals surface area contributed by atoms with E-state index < -0.39 is 0 Å². The molecule has 0 aliphatic carbocycles. The number of nitrogens with one attached hydrogen (secondary N) is 1. The number of aryl methyl sites for hydroxylation is 1. The van der Waals surface area contributed by atoms with Crippen molar-refractivity contribution in [2.45, 2.75) is 39.8 Å².